The van der Waals surface area contributed by atoms with Crippen molar-refractivity contribution in [3.63, 3.8) is 0 Å². The number of carbonyl (C=O) groups is 2. The highest BCUT2D eigenvalue weighted by molar-refractivity contribution is 9.12. The number of halogens is 1. The Morgan fingerprint density at radius 3 is 1.89 bits per heavy atom. The van der Waals surface area contributed by atoms with Crippen molar-refractivity contribution in [2.45, 2.75) is 32.9 Å². The van der Waals surface area contributed by atoms with Gasteiger partial charge in [0, 0.05) is 30.7 Å². The zero-order valence-electron chi connectivity index (χ0n) is 10.7. The Hall–Kier alpha value is -1.10. The van der Waals surface area contributed by atoms with Crippen LogP contribution in [0.2, 0.25) is 0 Å². The molecule has 0 saturated carbocycles. The Morgan fingerprint density at radius 1 is 1.00 bits per heavy atom. The van der Waals surface area contributed by atoms with Crippen LogP contribution in [-0.4, -0.2) is 46.5 Å². The highest BCUT2D eigenvalue weighted by atomic mass is 79.9. The minimum atomic E-state index is -0.0504. The van der Waals surface area contributed by atoms with E-state index in [1.54, 1.807) is 6.92 Å². The molecule has 2 atom stereocenters. The topological polar surface area (TPSA) is 40.2 Å². The summed E-state index contributed by atoms with van der Waals surface area (Å²) in [5.41, 5.74) is 1.71. The molecule has 0 radical (unpaired) electrons. The number of carbonyl (C=O) groups excluding carboxylic acids is 2. The highest BCUT2D eigenvalue weighted by Crippen LogP contribution is 2.39. The van der Waals surface area contributed by atoms with Gasteiger partial charge >= 0.3 is 0 Å². The second kappa shape index (κ2) is 3.70. The van der Waals surface area contributed by atoms with Crippen LogP contribution in [0.3, 0.4) is 0 Å². The van der Waals surface area contributed by atoms with Crippen molar-refractivity contribution < 1.29 is 9.59 Å². The summed E-state index contributed by atoms with van der Waals surface area (Å²) in [7, 11) is 0. The predicted molar refractivity (Wildman–Crippen MR) is 71.0 cm³/mol. The predicted octanol–water partition coefficient (Wildman–Crippen LogP) is 1.43. The molecule has 2 unspecified atom stereocenters. The van der Waals surface area contributed by atoms with E-state index in [2.05, 4.69) is 22.9 Å². The molecule has 96 valence electrons. The van der Waals surface area contributed by atoms with Gasteiger partial charge in [0.1, 0.15) is 5.70 Å². The molecule has 0 aromatic carbocycles. The first-order chi connectivity index (χ1) is 8.43. The van der Waals surface area contributed by atoms with Crippen LogP contribution in [0.4, 0.5) is 0 Å². The van der Waals surface area contributed by atoms with Crippen molar-refractivity contribution in [3.8, 4) is 0 Å². The Bertz CT molecular complexity index is 487. The fourth-order valence-electron chi connectivity index (χ4n) is 2.47. The average Bonchev–Trinajstić information content (AvgIpc) is 3.19. The van der Waals surface area contributed by atoms with E-state index in [9.17, 15) is 9.59 Å². The maximum atomic E-state index is 12.4. The van der Waals surface area contributed by atoms with Gasteiger partial charge in [0.2, 0.25) is 11.6 Å². The first kappa shape index (κ1) is 12.0. The summed E-state index contributed by atoms with van der Waals surface area (Å²) >= 11 is 3.32. The van der Waals surface area contributed by atoms with Gasteiger partial charge in [-0.3, -0.25) is 9.59 Å². The zero-order valence-corrected chi connectivity index (χ0v) is 12.2. The number of ketones is 2. The van der Waals surface area contributed by atoms with Gasteiger partial charge in [-0.2, -0.15) is 0 Å². The molecule has 5 heteroatoms. The Labute approximate surface area is 114 Å². The maximum Gasteiger partial charge on any atom is 0.218 e. The zero-order chi connectivity index (χ0) is 13.2. The first-order valence-corrected chi connectivity index (χ1v) is 6.96. The summed E-state index contributed by atoms with van der Waals surface area (Å²) in [5, 5.41) is 0. The normalized spacial score (nSPS) is 31.6. The summed E-state index contributed by atoms with van der Waals surface area (Å²) in [6.07, 6.45) is 0. The van der Waals surface area contributed by atoms with E-state index in [-0.39, 0.29) is 11.6 Å². The van der Waals surface area contributed by atoms with Gasteiger partial charge < -0.3 is 9.80 Å². The summed E-state index contributed by atoms with van der Waals surface area (Å²) in [6, 6.07) is 0.729. The van der Waals surface area contributed by atoms with E-state index < -0.39 is 0 Å². The average molecular weight is 311 g/mol. The van der Waals surface area contributed by atoms with Gasteiger partial charge in [-0.1, -0.05) is 0 Å². The number of rotatable bonds is 2. The van der Waals surface area contributed by atoms with E-state index in [4.69, 9.17) is 0 Å². The third kappa shape index (κ3) is 1.56. The lowest BCUT2D eigenvalue weighted by Crippen LogP contribution is -2.28. The van der Waals surface area contributed by atoms with E-state index in [0.29, 0.717) is 33.5 Å². The molecular formula is C13H15BrN2O2. The van der Waals surface area contributed by atoms with Crippen molar-refractivity contribution >= 4 is 27.5 Å². The second-order valence-electron chi connectivity index (χ2n) is 5.30. The lowest BCUT2D eigenvalue weighted by Gasteiger charge is -2.21. The Kier molecular flexibility index (Phi) is 2.46. The molecule has 2 fully saturated rings. The van der Waals surface area contributed by atoms with Crippen molar-refractivity contribution in [1.82, 2.24) is 9.80 Å². The largest absolute Gasteiger partial charge is 0.361 e. The minimum absolute atomic E-state index is 0.0140. The van der Waals surface area contributed by atoms with Gasteiger partial charge in [0.05, 0.1) is 10.2 Å². The summed E-state index contributed by atoms with van der Waals surface area (Å²) < 4.78 is 0.427. The van der Waals surface area contributed by atoms with Crippen LogP contribution in [0.25, 0.3) is 0 Å². The van der Waals surface area contributed by atoms with Gasteiger partial charge in [-0.15, -0.1) is 0 Å². The second-order valence-corrected chi connectivity index (χ2v) is 6.09. The van der Waals surface area contributed by atoms with Crippen LogP contribution >= 0.6 is 15.9 Å². The van der Waals surface area contributed by atoms with Crippen LogP contribution in [-0.2, 0) is 9.59 Å². The van der Waals surface area contributed by atoms with Gasteiger partial charge in [-0.25, -0.2) is 0 Å². The van der Waals surface area contributed by atoms with Crippen molar-refractivity contribution in [2.24, 2.45) is 0 Å². The molecule has 0 amide bonds. The fraction of sp³-hybridized carbons (Fsp3) is 0.538. The summed E-state index contributed by atoms with van der Waals surface area (Å²) in [4.78, 5) is 28.7. The number of allylic oxidation sites excluding steroid dienone is 2. The van der Waals surface area contributed by atoms with E-state index in [1.165, 1.54) is 0 Å². The number of hydrogen-bond donors (Lipinski definition) is 0. The van der Waals surface area contributed by atoms with Gasteiger partial charge in [0.25, 0.3) is 0 Å². The molecule has 0 aromatic rings. The fourth-order valence-corrected chi connectivity index (χ4v) is 3.06. The van der Waals surface area contributed by atoms with Gasteiger partial charge in [0.15, 0.2) is 0 Å². The molecule has 0 spiro atoms. The summed E-state index contributed by atoms with van der Waals surface area (Å²) in [5.74, 6) is -0.0644. The van der Waals surface area contributed by atoms with Crippen LogP contribution in [0.1, 0.15) is 20.8 Å². The van der Waals surface area contributed by atoms with E-state index in [1.807, 2.05) is 16.7 Å². The van der Waals surface area contributed by atoms with Gasteiger partial charge in [-0.05, 0) is 36.7 Å². The molecule has 18 heavy (non-hydrogen) atoms. The third-order valence-corrected chi connectivity index (χ3v) is 4.56. The number of nitrogens with zero attached hydrogens (tertiary/aromatic N) is 2. The quantitative estimate of drug-likeness (QED) is 0.571. The molecule has 0 bridgehead atoms. The SMILES string of the molecule is CC1=C(N2CC2C)C(=O)C(Br)=C(N2CC2C)C1=O. The first-order valence-electron chi connectivity index (χ1n) is 6.16. The van der Waals surface area contributed by atoms with Crippen molar-refractivity contribution in [1.29, 1.82) is 0 Å². The Balaban J connectivity index is 2.00. The smallest absolute Gasteiger partial charge is 0.218 e. The molecule has 2 aliphatic heterocycles. The summed E-state index contributed by atoms with van der Waals surface area (Å²) in [6.45, 7) is 7.57. The van der Waals surface area contributed by atoms with E-state index >= 15 is 0 Å². The lowest BCUT2D eigenvalue weighted by molar-refractivity contribution is -0.117. The maximum absolute atomic E-state index is 12.4. The minimum Gasteiger partial charge on any atom is -0.361 e. The van der Waals surface area contributed by atoms with Crippen LogP contribution < -0.4 is 0 Å². The highest BCUT2D eigenvalue weighted by Gasteiger charge is 2.45. The molecule has 3 aliphatic rings. The van der Waals surface area contributed by atoms with Crippen LogP contribution in [0.15, 0.2) is 21.4 Å². The van der Waals surface area contributed by atoms with Crippen LogP contribution in [0, 0.1) is 0 Å². The molecule has 4 nitrogen and oxygen atoms in total. The van der Waals surface area contributed by atoms with Crippen molar-refractivity contribution in [3.05, 3.63) is 21.4 Å². The number of Topliss-reactive ketones (excluding diaryl/α,β-unsaturated/α-hetero) is 2. The van der Waals surface area contributed by atoms with Crippen molar-refractivity contribution in [2.75, 3.05) is 13.1 Å². The Morgan fingerprint density at radius 2 is 1.44 bits per heavy atom. The monoisotopic (exact) mass is 310 g/mol. The molecule has 1 aliphatic carbocycles. The molecule has 3 rings (SSSR count). The molecule has 2 saturated heterocycles. The number of hydrogen-bond acceptors (Lipinski definition) is 4. The van der Waals surface area contributed by atoms with E-state index in [0.717, 1.165) is 13.1 Å². The molecule has 2 heterocycles. The molecular weight excluding hydrogens is 296 g/mol. The third-order valence-electron chi connectivity index (χ3n) is 3.83. The molecule has 0 aromatic heterocycles. The standard InChI is InChI=1S/C13H15BrN2O2/c1-6-4-15(6)10-8(3)12(17)11(9(14)13(10)18)16-5-7(16)2/h6-7H,4-5H2,1-3H3. The van der Waals surface area contributed by atoms with Crippen LogP contribution in [0.5, 0.6) is 0 Å². The lowest BCUT2D eigenvalue weighted by atomic mass is 9.98. The molecule has 0 N–H and O–H groups in total.